The number of urea groups is 1. The quantitative estimate of drug-likeness (QED) is 0.619. The maximum Gasteiger partial charge on any atom is 0.315 e. The molecule has 0 aliphatic heterocycles. The summed E-state index contributed by atoms with van der Waals surface area (Å²) in [5.41, 5.74) is 0. The van der Waals surface area contributed by atoms with Crippen LogP contribution in [0, 0.1) is 5.92 Å². The molecule has 0 rings (SSSR count). The van der Waals surface area contributed by atoms with Crippen LogP contribution in [0.2, 0.25) is 0 Å². The first-order valence-corrected chi connectivity index (χ1v) is 6.64. The number of nitrogens with zero attached hydrogens (tertiary/aromatic N) is 1. The van der Waals surface area contributed by atoms with Crippen LogP contribution in [0.3, 0.4) is 0 Å². The minimum atomic E-state index is -0.917. The van der Waals surface area contributed by atoms with Crippen molar-refractivity contribution in [3.8, 4) is 0 Å². The molecule has 112 valence electrons. The Labute approximate surface area is 115 Å². The molecule has 6 nitrogen and oxygen atoms in total. The summed E-state index contributed by atoms with van der Waals surface area (Å²) >= 11 is 0. The first kappa shape index (κ1) is 17.7. The van der Waals surface area contributed by atoms with Crippen LogP contribution < -0.4 is 10.6 Å². The van der Waals surface area contributed by atoms with E-state index < -0.39 is 5.97 Å². The van der Waals surface area contributed by atoms with E-state index in [-0.39, 0.29) is 24.5 Å². The normalized spacial score (nSPS) is 14.3. The Bertz CT molecular complexity index is 283. The number of hydrogen-bond donors (Lipinski definition) is 3. The molecule has 6 heteroatoms. The molecular formula is C13H27N3O3. The zero-order valence-electron chi connectivity index (χ0n) is 12.6. The first-order valence-electron chi connectivity index (χ1n) is 6.64. The summed E-state index contributed by atoms with van der Waals surface area (Å²) in [6.07, 6.45) is 0.814. The summed E-state index contributed by atoms with van der Waals surface area (Å²) in [6, 6.07) is -0.621. The fourth-order valence-electron chi connectivity index (χ4n) is 1.95. The lowest BCUT2D eigenvalue weighted by Gasteiger charge is -2.25. The van der Waals surface area contributed by atoms with Crippen molar-refractivity contribution in [2.75, 3.05) is 20.6 Å². The van der Waals surface area contributed by atoms with Gasteiger partial charge < -0.3 is 20.6 Å². The van der Waals surface area contributed by atoms with Gasteiger partial charge in [0.05, 0.1) is 6.42 Å². The van der Waals surface area contributed by atoms with Gasteiger partial charge >= 0.3 is 12.0 Å². The zero-order chi connectivity index (χ0) is 15.0. The Morgan fingerprint density at radius 3 is 2.16 bits per heavy atom. The molecule has 0 spiro atoms. The number of carbonyl (C=O) groups excluding carboxylic acids is 1. The topological polar surface area (TPSA) is 81.7 Å². The standard InChI is InChI=1S/C13H27N3O3/c1-9(2)6-11(8-16(4)5)15-13(19)14-10(3)7-12(17)18/h9-11H,6-8H2,1-5H3,(H,17,18)(H2,14,15,19). The Morgan fingerprint density at radius 1 is 1.16 bits per heavy atom. The highest BCUT2D eigenvalue weighted by Crippen LogP contribution is 2.05. The molecule has 0 radical (unpaired) electrons. The lowest BCUT2D eigenvalue weighted by Crippen LogP contribution is -2.49. The maximum absolute atomic E-state index is 11.8. The van der Waals surface area contributed by atoms with Gasteiger partial charge in [0.25, 0.3) is 0 Å². The molecule has 0 bridgehead atoms. The van der Waals surface area contributed by atoms with E-state index in [9.17, 15) is 9.59 Å². The van der Waals surface area contributed by atoms with E-state index in [2.05, 4.69) is 24.5 Å². The molecule has 2 unspecified atom stereocenters. The van der Waals surface area contributed by atoms with E-state index in [0.717, 1.165) is 13.0 Å². The highest BCUT2D eigenvalue weighted by molar-refractivity contribution is 5.75. The van der Waals surface area contributed by atoms with Crippen LogP contribution in [0.1, 0.15) is 33.6 Å². The van der Waals surface area contributed by atoms with Crippen molar-refractivity contribution in [3.05, 3.63) is 0 Å². The fraction of sp³-hybridized carbons (Fsp3) is 0.846. The molecule has 0 fully saturated rings. The molecule has 0 aromatic rings. The van der Waals surface area contributed by atoms with Crippen LogP contribution in [-0.2, 0) is 4.79 Å². The van der Waals surface area contributed by atoms with Crippen LogP contribution in [0.25, 0.3) is 0 Å². The lowest BCUT2D eigenvalue weighted by atomic mass is 10.0. The lowest BCUT2D eigenvalue weighted by molar-refractivity contribution is -0.137. The van der Waals surface area contributed by atoms with Crippen molar-refractivity contribution >= 4 is 12.0 Å². The van der Waals surface area contributed by atoms with Crippen LogP contribution in [0.4, 0.5) is 4.79 Å². The Morgan fingerprint density at radius 2 is 1.74 bits per heavy atom. The maximum atomic E-state index is 11.8. The van der Waals surface area contributed by atoms with E-state index >= 15 is 0 Å². The Balaban J connectivity index is 4.25. The van der Waals surface area contributed by atoms with Gasteiger partial charge in [-0.05, 0) is 33.4 Å². The number of carbonyl (C=O) groups is 2. The van der Waals surface area contributed by atoms with Gasteiger partial charge in [-0.15, -0.1) is 0 Å². The van der Waals surface area contributed by atoms with E-state index in [0.29, 0.717) is 5.92 Å². The van der Waals surface area contributed by atoms with Crippen molar-refractivity contribution in [2.24, 2.45) is 5.92 Å². The Hall–Kier alpha value is -1.30. The SMILES string of the molecule is CC(C)CC(CN(C)C)NC(=O)NC(C)CC(=O)O. The molecule has 3 N–H and O–H groups in total. The number of likely N-dealkylation sites (N-methyl/N-ethyl adjacent to an activating group) is 1. The number of hydrogen-bond acceptors (Lipinski definition) is 3. The third-order valence-electron chi connectivity index (χ3n) is 2.53. The number of rotatable bonds is 8. The van der Waals surface area contributed by atoms with E-state index in [1.54, 1.807) is 6.92 Å². The third-order valence-corrected chi connectivity index (χ3v) is 2.53. The molecule has 0 aromatic heterocycles. The molecule has 0 saturated heterocycles. The number of carboxylic acids is 1. The van der Waals surface area contributed by atoms with Crippen LogP contribution >= 0.6 is 0 Å². The molecule has 19 heavy (non-hydrogen) atoms. The second-order valence-electron chi connectivity index (χ2n) is 5.71. The molecule has 2 amide bonds. The number of aliphatic carboxylic acids is 1. The average molecular weight is 273 g/mol. The van der Waals surface area contributed by atoms with E-state index in [1.165, 1.54) is 0 Å². The number of carboxylic acid groups (broad SMARTS) is 1. The van der Waals surface area contributed by atoms with Gasteiger partial charge in [0.1, 0.15) is 0 Å². The van der Waals surface area contributed by atoms with Gasteiger partial charge in [0.2, 0.25) is 0 Å². The summed E-state index contributed by atoms with van der Waals surface area (Å²) in [7, 11) is 3.92. The molecule has 0 aliphatic carbocycles. The second kappa shape index (κ2) is 8.74. The molecule has 0 saturated carbocycles. The van der Waals surface area contributed by atoms with Gasteiger partial charge in [-0.2, -0.15) is 0 Å². The van der Waals surface area contributed by atoms with Crippen LogP contribution in [0.5, 0.6) is 0 Å². The van der Waals surface area contributed by atoms with Crippen molar-refractivity contribution in [3.63, 3.8) is 0 Å². The average Bonchev–Trinajstić information content (AvgIpc) is 2.11. The summed E-state index contributed by atoms with van der Waals surface area (Å²) in [4.78, 5) is 24.3. The summed E-state index contributed by atoms with van der Waals surface area (Å²) in [5.74, 6) is -0.429. The van der Waals surface area contributed by atoms with Crippen molar-refractivity contribution in [1.29, 1.82) is 0 Å². The first-order chi connectivity index (χ1) is 8.70. The predicted octanol–water partition coefficient (Wildman–Crippen LogP) is 1.13. The molecule has 0 heterocycles. The third kappa shape index (κ3) is 10.3. The van der Waals surface area contributed by atoms with Gasteiger partial charge in [0, 0.05) is 18.6 Å². The minimum Gasteiger partial charge on any atom is -0.481 e. The summed E-state index contributed by atoms with van der Waals surface area (Å²) in [6.45, 7) is 6.65. The second-order valence-corrected chi connectivity index (χ2v) is 5.71. The monoisotopic (exact) mass is 273 g/mol. The largest absolute Gasteiger partial charge is 0.481 e. The van der Waals surface area contributed by atoms with Crippen molar-refractivity contribution in [2.45, 2.75) is 45.7 Å². The van der Waals surface area contributed by atoms with Crippen molar-refractivity contribution in [1.82, 2.24) is 15.5 Å². The zero-order valence-corrected chi connectivity index (χ0v) is 12.6. The predicted molar refractivity (Wildman–Crippen MR) is 75.2 cm³/mol. The van der Waals surface area contributed by atoms with E-state index in [4.69, 9.17) is 5.11 Å². The van der Waals surface area contributed by atoms with Gasteiger partial charge in [0.15, 0.2) is 0 Å². The molecule has 2 atom stereocenters. The summed E-state index contributed by atoms with van der Waals surface area (Å²) in [5, 5.41) is 14.2. The van der Waals surface area contributed by atoms with Gasteiger partial charge in [-0.3, -0.25) is 4.79 Å². The van der Waals surface area contributed by atoms with Crippen molar-refractivity contribution < 1.29 is 14.7 Å². The molecule has 0 aromatic carbocycles. The van der Waals surface area contributed by atoms with E-state index in [1.807, 2.05) is 19.0 Å². The number of nitrogens with one attached hydrogen (secondary N) is 2. The fourth-order valence-corrected chi connectivity index (χ4v) is 1.95. The molecule has 0 aliphatic rings. The molecular weight excluding hydrogens is 246 g/mol. The summed E-state index contributed by atoms with van der Waals surface area (Å²) < 4.78 is 0. The Kier molecular flexibility index (Phi) is 8.14. The number of amides is 2. The van der Waals surface area contributed by atoms with Crippen LogP contribution in [0.15, 0.2) is 0 Å². The highest BCUT2D eigenvalue weighted by atomic mass is 16.4. The highest BCUT2D eigenvalue weighted by Gasteiger charge is 2.17. The minimum absolute atomic E-state index is 0.0621. The van der Waals surface area contributed by atoms with Gasteiger partial charge in [-0.25, -0.2) is 4.79 Å². The smallest absolute Gasteiger partial charge is 0.315 e. The van der Waals surface area contributed by atoms with Crippen LogP contribution in [-0.4, -0.2) is 54.7 Å². The van der Waals surface area contributed by atoms with Gasteiger partial charge in [-0.1, -0.05) is 13.8 Å².